The molecule has 0 bridgehead atoms. The fraction of sp³-hybridized carbons (Fsp3) is 0.222. The summed E-state index contributed by atoms with van der Waals surface area (Å²) in [4.78, 5) is 26.4. The van der Waals surface area contributed by atoms with Crippen LogP contribution >= 0.6 is 22.9 Å². The van der Waals surface area contributed by atoms with E-state index in [9.17, 15) is 9.59 Å². The standard InChI is InChI=1S/C18H16ClNO4S/c1-11-6-18(22)24-15-8-16(14(19)7-13(11)15)23-10-17(21)20(2)9-12-4-3-5-25-12/h3-8H,9-10H2,1-2H3. The van der Waals surface area contributed by atoms with Gasteiger partial charge in [0.15, 0.2) is 6.61 Å². The normalized spacial score (nSPS) is 10.8. The molecule has 5 nitrogen and oxygen atoms in total. The smallest absolute Gasteiger partial charge is 0.336 e. The van der Waals surface area contributed by atoms with Gasteiger partial charge in [0.2, 0.25) is 0 Å². The molecule has 0 saturated heterocycles. The first-order valence-electron chi connectivity index (χ1n) is 7.57. The van der Waals surface area contributed by atoms with Crippen LogP contribution in [0, 0.1) is 6.92 Å². The fourth-order valence-corrected chi connectivity index (χ4v) is 3.38. The van der Waals surface area contributed by atoms with Gasteiger partial charge in [-0.15, -0.1) is 11.3 Å². The predicted molar refractivity (Wildman–Crippen MR) is 98.5 cm³/mol. The maximum absolute atomic E-state index is 12.2. The van der Waals surface area contributed by atoms with Crippen molar-refractivity contribution in [1.29, 1.82) is 0 Å². The van der Waals surface area contributed by atoms with Crippen molar-refractivity contribution < 1.29 is 13.9 Å². The SMILES string of the molecule is Cc1cc(=O)oc2cc(OCC(=O)N(C)Cc3cccs3)c(Cl)cc12. The lowest BCUT2D eigenvalue weighted by atomic mass is 10.1. The summed E-state index contributed by atoms with van der Waals surface area (Å²) >= 11 is 7.82. The van der Waals surface area contributed by atoms with Crippen LogP contribution in [0.5, 0.6) is 5.75 Å². The lowest BCUT2D eigenvalue weighted by molar-refractivity contribution is -0.132. The van der Waals surface area contributed by atoms with Gasteiger partial charge in [0.1, 0.15) is 11.3 Å². The number of halogens is 1. The Labute approximate surface area is 153 Å². The molecular weight excluding hydrogens is 362 g/mol. The molecule has 3 rings (SSSR count). The van der Waals surface area contributed by atoms with Crippen molar-refractivity contribution in [3.8, 4) is 5.75 Å². The molecule has 2 heterocycles. The van der Waals surface area contributed by atoms with Gasteiger partial charge in [-0.25, -0.2) is 4.79 Å². The van der Waals surface area contributed by atoms with E-state index in [2.05, 4.69) is 0 Å². The van der Waals surface area contributed by atoms with E-state index in [-0.39, 0.29) is 12.5 Å². The minimum atomic E-state index is -0.440. The number of likely N-dealkylation sites (N-methyl/N-ethyl adjacent to an activating group) is 1. The van der Waals surface area contributed by atoms with Crippen molar-refractivity contribution in [3.63, 3.8) is 0 Å². The molecule has 0 fully saturated rings. The highest BCUT2D eigenvalue weighted by Crippen LogP contribution is 2.31. The van der Waals surface area contributed by atoms with Crippen molar-refractivity contribution >= 4 is 39.8 Å². The van der Waals surface area contributed by atoms with E-state index < -0.39 is 5.63 Å². The molecule has 1 amide bonds. The number of aryl methyl sites for hydroxylation is 1. The van der Waals surface area contributed by atoms with E-state index >= 15 is 0 Å². The van der Waals surface area contributed by atoms with Crippen molar-refractivity contribution in [1.82, 2.24) is 4.90 Å². The summed E-state index contributed by atoms with van der Waals surface area (Å²) in [6, 6.07) is 8.53. The van der Waals surface area contributed by atoms with Crippen LogP contribution in [0.3, 0.4) is 0 Å². The summed E-state index contributed by atoms with van der Waals surface area (Å²) in [6.07, 6.45) is 0. The van der Waals surface area contributed by atoms with Gasteiger partial charge < -0.3 is 14.1 Å². The van der Waals surface area contributed by atoms with Crippen molar-refractivity contribution in [3.05, 3.63) is 61.6 Å². The lowest BCUT2D eigenvalue weighted by Gasteiger charge is -2.17. The summed E-state index contributed by atoms with van der Waals surface area (Å²) in [7, 11) is 1.72. The Kier molecular flexibility index (Phi) is 5.11. The number of hydrogen-bond acceptors (Lipinski definition) is 5. The number of nitrogens with zero attached hydrogens (tertiary/aromatic N) is 1. The molecule has 0 spiro atoms. The van der Waals surface area contributed by atoms with E-state index in [1.54, 1.807) is 42.3 Å². The van der Waals surface area contributed by atoms with Crippen LogP contribution in [0.1, 0.15) is 10.4 Å². The first-order chi connectivity index (χ1) is 11.9. The van der Waals surface area contributed by atoms with Crippen molar-refractivity contribution in [2.45, 2.75) is 13.5 Å². The number of benzene rings is 1. The number of ether oxygens (including phenoxy) is 1. The second kappa shape index (κ2) is 7.29. The Morgan fingerprint density at radius 3 is 2.88 bits per heavy atom. The van der Waals surface area contributed by atoms with Crippen molar-refractivity contribution in [2.24, 2.45) is 0 Å². The van der Waals surface area contributed by atoms with Crippen LogP contribution in [-0.2, 0) is 11.3 Å². The second-order valence-electron chi connectivity index (χ2n) is 5.65. The topological polar surface area (TPSA) is 59.8 Å². The van der Waals surface area contributed by atoms with Crippen LogP contribution in [0.15, 0.2) is 44.9 Å². The highest BCUT2D eigenvalue weighted by atomic mass is 35.5. The molecule has 0 aliphatic rings. The van der Waals surface area contributed by atoms with Gasteiger partial charge in [-0.3, -0.25) is 4.79 Å². The number of carbonyl (C=O) groups is 1. The molecule has 0 radical (unpaired) electrons. The summed E-state index contributed by atoms with van der Waals surface area (Å²) in [5.74, 6) is 0.135. The average Bonchev–Trinajstić information content (AvgIpc) is 3.06. The van der Waals surface area contributed by atoms with E-state index in [1.807, 2.05) is 17.5 Å². The molecule has 0 saturated carbocycles. The Bertz CT molecular complexity index is 965. The van der Waals surface area contributed by atoms with Gasteiger partial charge in [0.25, 0.3) is 5.91 Å². The molecule has 0 unspecified atom stereocenters. The van der Waals surface area contributed by atoms with Crippen LogP contribution in [0.2, 0.25) is 5.02 Å². The third kappa shape index (κ3) is 4.03. The zero-order valence-electron chi connectivity index (χ0n) is 13.7. The van der Waals surface area contributed by atoms with Gasteiger partial charge >= 0.3 is 5.63 Å². The van der Waals surface area contributed by atoms with E-state index in [0.29, 0.717) is 22.9 Å². The highest BCUT2D eigenvalue weighted by Gasteiger charge is 2.14. The monoisotopic (exact) mass is 377 g/mol. The number of hydrogen-bond donors (Lipinski definition) is 0. The summed E-state index contributed by atoms with van der Waals surface area (Å²) < 4.78 is 10.7. The largest absolute Gasteiger partial charge is 0.482 e. The zero-order valence-corrected chi connectivity index (χ0v) is 15.3. The second-order valence-corrected chi connectivity index (χ2v) is 7.08. The summed E-state index contributed by atoms with van der Waals surface area (Å²) in [6.45, 7) is 2.18. The zero-order chi connectivity index (χ0) is 18.0. The van der Waals surface area contributed by atoms with Crippen LogP contribution in [-0.4, -0.2) is 24.5 Å². The number of rotatable bonds is 5. The number of thiophene rings is 1. The molecule has 0 atom stereocenters. The lowest BCUT2D eigenvalue weighted by Crippen LogP contribution is -2.30. The van der Waals surface area contributed by atoms with E-state index in [1.165, 1.54) is 6.07 Å². The Hall–Kier alpha value is -2.31. The third-order valence-electron chi connectivity index (χ3n) is 3.75. The molecule has 130 valence electrons. The summed E-state index contributed by atoms with van der Waals surface area (Å²) in [5.41, 5.74) is 0.709. The minimum absolute atomic E-state index is 0.150. The Morgan fingerprint density at radius 1 is 1.36 bits per heavy atom. The Balaban J connectivity index is 1.73. The molecule has 1 aromatic carbocycles. The van der Waals surface area contributed by atoms with Gasteiger partial charge in [-0.2, -0.15) is 0 Å². The van der Waals surface area contributed by atoms with E-state index in [0.717, 1.165) is 15.8 Å². The van der Waals surface area contributed by atoms with Crippen molar-refractivity contribution in [2.75, 3.05) is 13.7 Å². The van der Waals surface area contributed by atoms with Crippen LogP contribution in [0.25, 0.3) is 11.0 Å². The maximum atomic E-state index is 12.2. The first kappa shape index (κ1) is 17.5. The van der Waals surface area contributed by atoms with Gasteiger partial charge in [-0.1, -0.05) is 17.7 Å². The maximum Gasteiger partial charge on any atom is 0.336 e. The average molecular weight is 378 g/mol. The fourth-order valence-electron chi connectivity index (χ4n) is 2.40. The molecule has 0 aliphatic heterocycles. The van der Waals surface area contributed by atoms with Crippen LogP contribution in [0.4, 0.5) is 0 Å². The highest BCUT2D eigenvalue weighted by molar-refractivity contribution is 7.09. The quantitative estimate of drug-likeness (QED) is 0.633. The molecule has 3 aromatic rings. The third-order valence-corrected chi connectivity index (χ3v) is 4.91. The number of fused-ring (bicyclic) bond motifs is 1. The first-order valence-corrected chi connectivity index (χ1v) is 8.83. The van der Waals surface area contributed by atoms with Gasteiger partial charge in [0, 0.05) is 29.4 Å². The molecular formula is C18H16ClNO4S. The molecule has 0 aliphatic carbocycles. The number of carbonyl (C=O) groups excluding carboxylic acids is 1. The molecule has 7 heteroatoms. The summed E-state index contributed by atoms with van der Waals surface area (Å²) in [5, 5.41) is 3.06. The van der Waals surface area contributed by atoms with Gasteiger partial charge in [0.05, 0.1) is 11.6 Å². The molecule has 25 heavy (non-hydrogen) atoms. The van der Waals surface area contributed by atoms with Crippen LogP contribution < -0.4 is 10.4 Å². The Morgan fingerprint density at radius 2 is 2.16 bits per heavy atom. The minimum Gasteiger partial charge on any atom is -0.482 e. The molecule has 0 N–H and O–H groups in total. The predicted octanol–water partition coefficient (Wildman–Crippen LogP) is 3.85. The number of amides is 1. The molecule has 2 aromatic heterocycles. The van der Waals surface area contributed by atoms with E-state index in [4.69, 9.17) is 20.8 Å². The van der Waals surface area contributed by atoms with Gasteiger partial charge in [-0.05, 0) is 30.0 Å².